The van der Waals surface area contributed by atoms with E-state index in [1.165, 1.54) is 30.3 Å². The van der Waals surface area contributed by atoms with Crippen molar-refractivity contribution in [3.05, 3.63) is 87.5 Å². The largest absolute Gasteiger partial charge is 0.496 e. The summed E-state index contributed by atoms with van der Waals surface area (Å²) in [6, 6.07) is 16.5. The lowest BCUT2D eigenvalue weighted by Gasteiger charge is -2.12. The smallest absolute Gasteiger partial charge is 0.251 e. The van der Waals surface area contributed by atoms with Crippen LogP contribution in [0.25, 0.3) is 11.5 Å². The van der Waals surface area contributed by atoms with E-state index in [1.807, 2.05) is 18.2 Å². The van der Waals surface area contributed by atoms with Crippen LogP contribution in [-0.2, 0) is 6.42 Å². The fraction of sp³-hybridized carbons (Fsp3) is 0.0870. The van der Waals surface area contributed by atoms with Gasteiger partial charge in [0.1, 0.15) is 11.5 Å². The lowest BCUT2D eigenvalue weighted by atomic mass is 10.1. The van der Waals surface area contributed by atoms with Gasteiger partial charge in [0, 0.05) is 10.6 Å². The molecule has 0 aliphatic carbocycles. The van der Waals surface area contributed by atoms with Gasteiger partial charge in [-0.1, -0.05) is 41.4 Å². The molecular formula is C23H14Cl2FN3O3. The summed E-state index contributed by atoms with van der Waals surface area (Å²) in [7, 11) is 1.54. The molecule has 0 saturated carbocycles. The minimum absolute atomic E-state index is 0.0144. The highest BCUT2D eigenvalue weighted by atomic mass is 35.5. The molecule has 4 rings (SSSR count). The van der Waals surface area contributed by atoms with E-state index in [0.717, 1.165) is 0 Å². The van der Waals surface area contributed by atoms with Crippen molar-refractivity contribution in [1.82, 2.24) is 10.2 Å². The molecule has 0 atom stereocenters. The van der Waals surface area contributed by atoms with Crippen LogP contribution in [0.4, 0.5) is 4.39 Å². The van der Waals surface area contributed by atoms with Gasteiger partial charge in [-0.15, -0.1) is 10.2 Å². The molecule has 0 aliphatic heterocycles. The van der Waals surface area contributed by atoms with E-state index < -0.39 is 5.82 Å². The molecule has 0 saturated heterocycles. The third-order valence-electron chi connectivity index (χ3n) is 4.50. The lowest BCUT2D eigenvalue weighted by molar-refractivity contribution is 0.413. The third-order valence-corrected chi connectivity index (χ3v) is 5.01. The quantitative estimate of drug-likeness (QED) is 0.322. The number of aromatic nitrogens is 2. The molecule has 0 fully saturated rings. The molecule has 1 heterocycles. The Morgan fingerprint density at radius 3 is 2.69 bits per heavy atom. The van der Waals surface area contributed by atoms with Gasteiger partial charge in [-0.25, -0.2) is 4.39 Å². The number of halogens is 3. The molecule has 3 aromatic carbocycles. The van der Waals surface area contributed by atoms with Crippen LogP contribution < -0.4 is 9.47 Å². The molecule has 0 radical (unpaired) electrons. The Morgan fingerprint density at radius 1 is 1.09 bits per heavy atom. The zero-order valence-corrected chi connectivity index (χ0v) is 18.1. The molecule has 9 heteroatoms. The Balaban J connectivity index is 1.62. The highest BCUT2D eigenvalue weighted by Gasteiger charge is 2.19. The molecule has 6 nitrogen and oxygen atoms in total. The average Bonchev–Trinajstić information content (AvgIpc) is 3.26. The highest BCUT2D eigenvalue weighted by Crippen LogP contribution is 2.36. The SMILES string of the molecule is COc1ccccc1-c1nnc(Cc2ccc(Cl)c(Oc3cc(Cl)cc(C#N)c3)c2F)o1. The maximum absolute atomic E-state index is 15.2. The Labute approximate surface area is 192 Å². The standard InChI is InChI=1S/C23H14Cl2FN3O3/c1-30-19-5-3-2-4-17(19)23-29-28-20(32-23)10-14-6-7-18(25)22(21(14)26)31-16-9-13(12-27)8-15(24)11-16/h2-9,11H,10H2,1H3. The number of rotatable bonds is 6. The van der Waals surface area contributed by atoms with Crippen molar-refractivity contribution in [2.45, 2.75) is 6.42 Å². The van der Waals surface area contributed by atoms with Gasteiger partial charge < -0.3 is 13.9 Å². The van der Waals surface area contributed by atoms with Crippen LogP contribution in [0.3, 0.4) is 0 Å². The summed E-state index contributed by atoms with van der Waals surface area (Å²) in [6.45, 7) is 0. The molecule has 160 valence electrons. The molecule has 0 aliphatic rings. The van der Waals surface area contributed by atoms with Gasteiger partial charge in [-0.3, -0.25) is 0 Å². The van der Waals surface area contributed by atoms with Gasteiger partial charge in [0.2, 0.25) is 5.89 Å². The number of hydrogen-bond donors (Lipinski definition) is 0. The van der Waals surface area contributed by atoms with E-state index in [-0.39, 0.29) is 50.9 Å². The molecule has 0 unspecified atom stereocenters. The maximum atomic E-state index is 15.2. The summed E-state index contributed by atoms with van der Waals surface area (Å²) in [4.78, 5) is 0. The van der Waals surface area contributed by atoms with Crippen molar-refractivity contribution in [2.75, 3.05) is 7.11 Å². The van der Waals surface area contributed by atoms with E-state index >= 15 is 4.39 Å². The molecule has 0 bridgehead atoms. The molecule has 1 aromatic heterocycles. The topological polar surface area (TPSA) is 81.2 Å². The minimum Gasteiger partial charge on any atom is -0.496 e. The van der Waals surface area contributed by atoms with Crippen molar-refractivity contribution in [2.24, 2.45) is 0 Å². The summed E-state index contributed by atoms with van der Waals surface area (Å²) in [5.74, 6) is 0.337. The predicted octanol–water partition coefficient (Wildman–Crippen LogP) is 6.45. The Kier molecular flexibility index (Phi) is 6.26. The van der Waals surface area contributed by atoms with Gasteiger partial charge in [0.25, 0.3) is 5.89 Å². The molecule has 0 spiro atoms. The summed E-state index contributed by atoms with van der Waals surface area (Å²) in [5.41, 5.74) is 1.14. The number of benzene rings is 3. The molecule has 0 amide bonds. The van der Waals surface area contributed by atoms with E-state index in [9.17, 15) is 0 Å². The molecule has 0 N–H and O–H groups in total. The van der Waals surface area contributed by atoms with Crippen molar-refractivity contribution in [3.8, 4) is 34.8 Å². The van der Waals surface area contributed by atoms with E-state index in [4.69, 9.17) is 42.4 Å². The minimum atomic E-state index is -0.687. The fourth-order valence-corrected chi connectivity index (χ4v) is 3.44. The summed E-state index contributed by atoms with van der Waals surface area (Å²) in [5, 5.41) is 17.5. The first kappa shape index (κ1) is 21.6. The summed E-state index contributed by atoms with van der Waals surface area (Å²) < 4.78 is 31.9. The average molecular weight is 470 g/mol. The van der Waals surface area contributed by atoms with Gasteiger partial charge in [0.05, 0.1) is 35.7 Å². The maximum Gasteiger partial charge on any atom is 0.251 e. The Hall–Kier alpha value is -3.60. The molecule has 4 aromatic rings. The highest BCUT2D eigenvalue weighted by molar-refractivity contribution is 6.32. The second kappa shape index (κ2) is 9.27. The van der Waals surface area contributed by atoms with Gasteiger partial charge in [-0.05, 0) is 36.4 Å². The monoisotopic (exact) mass is 469 g/mol. The van der Waals surface area contributed by atoms with Crippen molar-refractivity contribution in [1.29, 1.82) is 5.26 Å². The van der Waals surface area contributed by atoms with Crippen LogP contribution in [0, 0.1) is 17.1 Å². The van der Waals surface area contributed by atoms with Gasteiger partial charge >= 0.3 is 0 Å². The summed E-state index contributed by atoms with van der Waals surface area (Å²) >= 11 is 12.2. The molecule has 32 heavy (non-hydrogen) atoms. The number of methoxy groups -OCH3 is 1. The van der Waals surface area contributed by atoms with Crippen LogP contribution in [0.15, 0.2) is 59.0 Å². The van der Waals surface area contributed by atoms with Crippen molar-refractivity contribution < 1.29 is 18.3 Å². The van der Waals surface area contributed by atoms with Crippen LogP contribution in [0.2, 0.25) is 10.0 Å². The van der Waals surface area contributed by atoms with Crippen molar-refractivity contribution in [3.63, 3.8) is 0 Å². The second-order valence-corrected chi connectivity index (χ2v) is 7.46. The Bertz CT molecular complexity index is 1330. The zero-order chi connectivity index (χ0) is 22.7. The fourth-order valence-electron chi connectivity index (χ4n) is 3.03. The van der Waals surface area contributed by atoms with Gasteiger partial charge in [0.15, 0.2) is 11.6 Å². The lowest BCUT2D eigenvalue weighted by Crippen LogP contribution is -1.98. The van der Waals surface area contributed by atoms with E-state index in [1.54, 1.807) is 19.2 Å². The number of nitrogens with zero attached hydrogens (tertiary/aromatic N) is 3. The first-order valence-electron chi connectivity index (χ1n) is 9.29. The van der Waals surface area contributed by atoms with Crippen LogP contribution in [-0.4, -0.2) is 17.3 Å². The van der Waals surface area contributed by atoms with Crippen LogP contribution in [0.5, 0.6) is 17.2 Å². The molecular weight excluding hydrogens is 456 g/mol. The number of ether oxygens (including phenoxy) is 2. The number of nitriles is 1. The number of hydrogen-bond acceptors (Lipinski definition) is 6. The summed E-state index contributed by atoms with van der Waals surface area (Å²) in [6.07, 6.45) is 0.0144. The third kappa shape index (κ3) is 4.52. The first-order chi connectivity index (χ1) is 15.5. The van der Waals surface area contributed by atoms with Gasteiger partial charge in [-0.2, -0.15) is 5.26 Å². The predicted molar refractivity (Wildman–Crippen MR) is 117 cm³/mol. The van der Waals surface area contributed by atoms with E-state index in [0.29, 0.717) is 11.3 Å². The first-order valence-corrected chi connectivity index (χ1v) is 10.0. The Morgan fingerprint density at radius 2 is 1.91 bits per heavy atom. The van der Waals surface area contributed by atoms with Crippen molar-refractivity contribution >= 4 is 23.2 Å². The van der Waals surface area contributed by atoms with Crippen LogP contribution in [0.1, 0.15) is 17.0 Å². The van der Waals surface area contributed by atoms with E-state index in [2.05, 4.69) is 10.2 Å². The second-order valence-electron chi connectivity index (χ2n) is 6.62. The zero-order valence-electron chi connectivity index (χ0n) is 16.6. The number of para-hydroxylation sites is 1. The normalized spacial score (nSPS) is 10.6. The van der Waals surface area contributed by atoms with Crippen LogP contribution >= 0.6 is 23.2 Å².